The maximum atomic E-state index is 11.8. The lowest BCUT2D eigenvalue weighted by molar-refractivity contribution is -0.254. The zero-order chi connectivity index (χ0) is 13.1. The number of aromatic carboxylic acids is 1. The third kappa shape index (κ3) is 2.40. The molecule has 0 unspecified atom stereocenters. The molecule has 0 radical (unpaired) electrons. The van der Waals surface area contributed by atoms with E-state index >= 15 is 0 Å². The summed E-state index contributed by atoms with van der Waals surface area (Å²) in [5.74, 6) is -1.12. The number of carbonyl (C=O) groups excluding carboxylic acids is 2. The first-order chi connectivity index (χ1) is 8.58. The van der Waals surface area contributed by atoms with Crippen LogP contribution in [0.3, 0.4) is 0 Å². The van der Waals surface area contributed by atoms with Gasteiger partial charge in [-0.15, -0.1) is 0 Å². The van der Waals surface area contributed by atoms with Crippen LogP contribution in [0, 0.1) is 6.92 Å². The molecule has 0 aliphatic heterocycles. The first-order valence-corrected chi connectivity index (χ1v) is 5.26. The van der Waals surface area contributed by atoms with Crippen LogP contribution in [0.25, 0.3) is 0 Å². The molecule has 1 amide bonds. The summed E-state index contributed by atoms with van der Waals surface area (Å²) in [7, 11) is 0. The Morgan fingerprint density at radius 1 is 1.17 bits per heavy atom. The number of aryl methyl sites for hydroxylation is 1. The van der Waals surface area contributed by atoms with Crippen LogP contribution in [0.2, 0.25) is 0 Å². The van der Waals surface area contributed by atoms with Crippen molar-refractivity contribution in [3.63, 3.8) is 0 Å². The highest BCUT2D eigenvalue weighted by atomic mass is 16.4. The summed E-state index contributed by atoms with van der Waals surface area (Å²) in [6.07, 6.45) is 0. The van der Waals surface area contributed by atoms with E-state index in [9.17, 15) is 14.7 Å². The number of furan rings is 1. The number of nitrogens with one attached hydrogen (secondary N) is 1. The number of benzene rings is 1. The lowest BCUT2D eigenvalue weighted by Gasteiger charge is -2.10. The summed E-state index contributed by atoms with van der Waals surface area (Å²) in [5.41, 5.74) is 0.102. The first-order valence-electron chi connectivity index (χ1n) is 5.26. The quantitative estimate of drug-likeness (QED) is 0.879. The standard InChI is InChI=1S/C13H11NO4/c1-8-6-7-11(18-8)12(15)14-10-5-3-2-4-9(10)13(16)17/h2-7H,1H3,(H,14,15)(H,16,17)/p-1. The van der Waals surface area contributed by atoms with Crippen LogP contribution >= 0.6 is 0 Å². The van der Waals surface area contributed by atoms with Gasteiger partial charge in [0.05, 0.1) is 11.7 Å². The Bertz CT molecular complexity index is 601. The molecule has 2 aromatic rings. The summed E-state index contributed by atoms with van der Waals surface area (Å²) in [6, 6.07) is 9.19. The normalized spacial score (nSPS) is 10.1. The molecule has 2 rings (SSSR count). The Morgan fingerprint density at radius 2 is 1.89 bits per heavy atom. The lowest BCUT2D eigenvalue weighted by atomic mass is 10.2. The van der Waals surface area contributed by atoms with Crippen molar-refractivity contribution in [2.75, 3.05) is 5.32 Å². The fourth-order valence-electron chi connectivity index (χ4n) is 1.51. The predicted molar refractivity (Wildman–Crippen MR) is 62.2 cm³/mol. The number of anilines is 1. The molecule has 1 heterocycles. The molecule has 0 spiro atoms. The molecule has 18 heavy (non-hydrogen) atoms. The minimum absolute atomic E-state index is 0.0749. The summed E-state index contributed by atoms with van der Waals surface area (Å²) in [6.45, 7) is 1.71. The van der Waals surface area contributed by atoms with E-state index in [4.69, 9.17) is 4.42 Å². The molecular weight excluding hydrogens is 234 g/mol. The minimum atomic E-state index is -1.35. The van der Waals surface area contributed by atoms with E-state index in [1.807, 2.05) is 0 Å². The fraction of sp³-hybridized carbons (Fsp3) is 0.0769. The monoisotopic (exact) mass is 244 g/mol. The molecular formula is C13H10NO4-. The van der Waals surface area contributed by atoms with Gasteiger partial charge in [0.1, 0.15) is 5.76 Å². The average Bonchev–Trinajstić information content (AvgIpc) is 2.76. The Hall–Kier alpha value is -2.56. The number of amides is 1. The molecule has 5 heteroatoms. The molecule has 1 N–H and O–H groups in total. The van der Waals surface area contributed by atoms with Crippen LogP contribution in [0.1, 0.15) is 26.7 Å². The lowest BCUT2D eigenvalue weighted by Crippen LogP contribution is -2.24. The Labute approximate surface area is 103 Å². The maximum Gasteiger partial charge on any atom is 0.291 e. The van der Waals surface area contributed by atoms with Crippen LogP contribution in [0.15, 0.2) is 40.8 Å². The van der Waals surface area contributed by atoms with Crippen molar-refractivity contribution in [2.45, 2.75) is 6.92 Å². The van der Waals surface area contributed by atoms with Crippen LogP contribution in [0.4, 0.5) is 5.69 Å². The second-order valence-electron chi connectivity index (χ2n) is 3.70. The third-order valence-electron chi connectivity index (χ3n) is 2.36. The van der Waals surface area contributed by atoms with Gasteiger partial charge in [0.2, 0.25) is 0 Å². The molecule has 1 aromatic carbocycles. The smallest absolute Gasteiger partial charge is 0.291 e. The van der Waals surface area contributed by atoms with Gasteiger partial charge in [-0.3, -0.25) is 4.79 Å². The van der Waals surface area contributed by atoms with Gasteiger partial charge in [-0.2, -0.15) is 0 Å². The summed E-state index contributed by atoms with van der Waals surface area (Å²) < 4.78 is 5.14. The van der Waals surface area contributed by atoms with Gasteiger partial charge in [0, 0.05) is 5.56 Å². The van der Waals surface area contributed by atoms with E-state index in [0.29, 0.717) is 5.76 Å². The molecule has 0 saturated heterocycles. The van der Waals surface area contributed by atoms with Crippen molar-refractivity contribution in [3.05, 3.63) is 53.5 Å². The third-order valence-corrected chi connectivity index (χ3v) is 2.36. The van der Waals surface area contributed by atoms with E-state index < -0.39 is 11.9 Å². The van der Waals surface area contributed by atoms with Gasteiger partial charge in [0.15, 0.2) is 5.76 Å². The Kier molecular flexibility index (Phi) is 3.14. The van der Waals surface area contributed by atoms with E-state index in [-0.39, 0.29) is 17.0 Å². The van der Waals surface area contributed by atoms with Gasteiger partial charge < -0.3 is 19.6 Å². The second kappa shape index (κ2) is 4.75. The van der Waals surface area contributed by atoms with Crippen molar-refractivity contribution in [1.29, 1.82) is 0 Å². The van der Waals surface area contributed by atoms with Gasteiger partial charge in [-0.1, -0.05) is 18.2 Å². The largest absolute Gasteiger partial charge is 0.545 e. The number of rotatable bonds is 3. The molecule has 0 bridgehead atoms. The second-order valence-corrected chi connectivity index (χ2v) is 3.70. The van der Waals surface area contributed by atoms with Gasteiger partial charge in [-0.05, 0) is 25.1 Å². The Morgan fingerprint density at radius 3 is 2.50 bits per heavy atom. The highest BCUT2D eigenvalue weighted by Crippen LogP contribution is 2.16. The average molecular weight is 244 g/mol. The van der Waals surface area contributed by atoms with Crippen LogP contribution in [0.5, 0.6) is 0 Å². The van der Waals surface area contributed by atoms with Crippen molar-refractivity contribution in [1.82, 2.24) is 0 Å². The van der Waals surface area contributed by atoms with Crippen LogP contribution < -0.4 is 10.4 Å². The molecule has 0 aliphatic carbocycles. The van der Waals surface area contributed by atoms with E-state index in [2.05, 4.69) is 5.32 Å². The molecule has 0 saturated carbocycles. The summed E-state index contributed by atoms with van der Waals surface area (Å²) in [4.78, 5) is 22.6. The highest BCUT2D eigenvalue weighted by molar-refractivity contribution is 6.06. The van der Waals surface area contributed by atoms with Gasteiger partial charge >= 0.3 is 0 Å². The zero-order valence-corrected chi connectivity index (χ0v) is 9.60. The molecule has 0 fully saturated rings. The fourth-order valence-corrected chi connectivity index (χ4v) is 1.51. The van der Waals surface area contributed by atoms with Crippen LogP contribution in [-0.4, -0.2) is 11.9 Å². The number of hydrogen-bond donors (Lipinski definition) is 1. The highest BCUT2D eigenvalue weighted by Gasteiger charge is 2.12. The molecule has 1 aromatic heterocycles. The Balaban J connectivity index is 2.24. The van der Waals surface area contributed by atoms with E-state index in [1.165, 1.54) is 18.2 Å². The summed E-state index contributed by atoms with van der Waals surface area (Å²) in [5, 5.41) is 13.3. The van der Waals surface area contributed by atoms with Crippen molar-refractivity contribution < 1.29 is 19.1 Å². The number of para-hydroxylation sites is 1. The van der Waals surface area contributed by atoms with Crippen molar-refractivity contribution in [2.24, 2.45) is 0 Å². The van der Waals surface area contributed by atoms with E-state index in [1.54, 1.807) is 25.1 Å². The van der Waals surface area contributed by atoms with Crippen molar-refractivity contribution >= 4 is 17.6 Å². The number of hydrogen-bond acceptors (Lipinski definition) is 4. The molecule has 0 atom stereocenters. The zero-order valence-electron chi connectivity index (χ0n) is 9.60. The summed E-state index contributed by atoms with van der Waals surface area (Å²) >= 11 is 0. The topological polar surface area (TPSA) is 82.4 Å². The predicted octanol–water partition coefficient (Wildman–Crippen LogP) is 1.20. The molecule has 0 aliphatic rings. The van der Waals surface area contributed by atoms with Crippen LogP contribution in [-0.2, 0) is 0 Å². The molecule has 92 valence electrons. The minimum Gasteiger partial charge on any atom is -0.545 e. The maximum absolute atomic E-state index is 11.8. The van der Waals surface area contributed by atoms with Gasteiger partial charge in [-0.25, -0.2) is 0 Å². The first kappa shape index (κ1) is 11.9. The van der Waals surface area contributed by atoms with Crippen molar-refractivity contribution in [3.8, 4) is 0 Å². The number of carboxylic acid groups (broad SMARTS) is 1. The number of carbonyl (C=O) groups is 2. The van der Waals surface area contributed by atoms with Gasteiger partial charge in [0.25, 0.3) is 5.91 Å². The van der Waals surface area contributed by atoms with E-state index in [0.717, 1.165) is 0 Å². The molecule has 5 nitrogen and oxygen atoms in total. The number of carboxylic acids is 1. The SMILES string of the molecule is Cc1ccc(C(=O)Nc2ccccc2C(=O)[O-])o1.